The van der Waals surface area contributed by atoms with Crippen LogP contribution in [0.15, 0.2) is 0 Å². The average Bonchev–Trinajstić information content (AvgIpc) is 1.85. The molecular weight excluding hydrogens is 74.1 g/mol. The molecule has 1 unspecified atom stereocenters. The molecule has 1 heteroatoms. The second-order valence-electron chi connectivity index (χ2n) is 0.862. The second-order valence-corrected chi connectivity index (χ2v) is 0.862. The zero-order valence-electron chi connectivity index (χ0n) is 9.45. The van der Waals surface area contributed by atoms with Gasteiger partial charge in [-0.15, -0.1) is 0 Å². The Bertz CT molecular complexity index is 209. The highest BCUT2D eigenvalue weighted by Crippen LogP contribution is 1.94. The summed E-state index contributed by atoms with van der Waals surface area (Å²) in [6, 6.07) is 1.17. The van der Waals surface area contributed by atoms with Crippen molar-refractivity contribution in [2.45, 2.75) is 20.1 Å². The van der Waals surface area contributed by atoms with Gasteiger partial charge < -0.3 is 0 Å². The van der Waals surface area contributed by atoms with Crippen molar-refractivity contribution in [2.24, 2.45) is 5.89 Å². The third-order valence-corrected chi connectivity index (χ3v) is 0.243. The van der Waals surface area contributed by atoms with E-state index in [-0.39, 0.29) is 0 Å². The topological polar surface area (TPSA) is 23.8 Å². The van der Waals surface area contributed by atoms with Gasteiger partial charge in [0.25, 0.3) is 0 Å². The Hall–Kier alpha value is -0.510. The predicted molar refractivity (Wildman–Crippen MR) is 25.1 cm³/mol. The molecule has 1 atom stereocenters. The average molecular weight is 89.2 g/mol. The fourth-order valence-electron chi connectivity index (χ4n) is 0.0839. The van der Waals surface area contributed by atoms with Crippen LogP contribution in [0.25, 0.3) is 0 Å². The Morgan fingerprint density at radius 3 is 3.33 bits per heavy atom. The molecule has 0 saturated carbocycles. The molecule has 1 nitrogen and oxygen atoms in total. The van der Waals surface area contributed by atoms with E-state index in [1.807, 2.05) is 0 Å². The lowest BCUT2D eigenvalue weighted by Gasteiger charge is -1.88. The Morgan fingerprint density at radius 1 is 2.50 bits per heavy atom. The lowest BCUT2D eigenvalue weighted by Crippen LogP contribution is -1.79. The molecule has 0 aliphatic rings. The van der Waals surface area contributed by atoms with Crippen molar-refractivity contribution in [1.82, 2.24) is 0 Å². The first-order valence-electron chi connectivity index (χ1n) is 4.47. The number of hydrogen-bond acceptors (Lipinski definition) is 1. The van der Waals surface area contributed by atoms with Gasteiger partial charge in [-0.2, -0.15) is 5.26 Å². The molecule has 0 aromatic carbocycles. The van der Waals surface area contributed by atoms with Crippen molar-refractivity contribution in [3.8, 4) is 6.07 Å². The van der Waals surface area contributed by atoms with Crippen molar-refractivity contribution in [2.75, 3.05) is 0 Å². The normalized spacial score (nSPS) is 37.3. The molecule has 0 aliphatic heterocycles. The maximum atomic E-state index is 8.30. The molecule has 0 fully saturated rings. The number of nitrogens with zero attached hydrogens (tertiary/aromatic N) is 1. The van der Waals surface area contributed by atoms with Gasteiger partial charge in [-0.25, -0.2) is 0 Å². The third-order valence-electron chi connectivity index (χ3n) is 0.243. The van der Waals surface area contributed by atoms with Gasteiger partial charge in [-0.05, 0) is 5.89 Å². The first-order valence-corrected chi connectivity index (χ1v) is 1.47. The van der Waals surface area contributed by atoms with Crippen LogP contribution in [0.2, 0.25) is 0 Å². The highest BCUT2D eigenvalue weighted by molar-refractivity contribution is 4.69. The summed E-state index contributed by atoms with van der Waals surface area (Å²) in [6.07, 6.45) is -2.67. The maximum Gasteiger partial charge on any atom is 0.0624 e. The minimum absolute atomic E-state index is 0.892. The highest BCUT2D eigenvalue weighted by atomic mass is 14.2. The van der Waals surface area contributed by atoms with Gasteiger partial charge >= 0.3 is 0 Å². The van der Waals surface area contributed by atoms with E-state index >= 15 is 0 Å². The molecule has 0 amide bonds. The van der Waals surface area contributed by atoms with Crippen LogP contribution in [-0.2, 0) is 0 Å². The monoisotopic (exact) mass is 89.1 g/mol. The third kappa shape index (κ3) is 3.49. The minimum atomic E-state index is -2.80. The van der Waals surface area contributed by atoms with Crippen molar-refractivity contribution in [3.05, 3.63) is 0 Å². The molecule has 0 saturated heterocycles. The Morgan fingerprint density at radius 2 is 3.17 bits per heavy atom. The van der Waals surface area contributed by atoms with Crippen LogP contribution in [-0.4, -0.2) is 0 Å². The van der Waals surface area contributed by atoms with Crippen molar-refractivity contribution < 1.29 is 8.22 Å². The first-order chi connectivity index (χ1) is 5.06. The zero-order chi connectivity index (χ0) is 10.2. The van der Waals surface area contributed by atoms with Gasteiger partial charge in [-0.1, -0.05) is 13.8 Å². The van der Waals surface area contributed by atoms with Gasteiger partial charge in [0, 0.05) is 14.6 Å². The zero-order valence-corrected chi connectivity index (χ0v) is 3.45. The number of hydrogen-bond donors (Lipinski definition) is 0. The lowest BCUT2D eigenvalue weighted by atomic mass is 10.2. The Balaban J connectivity index is 5.02. The summed E-state index contributed by atoms with van der Waals surface area (Å²) in [5.74, 6) is -2.39. The molecule has 0 aliphatic carbocycles. The van der Waals surface area contributed by atoms with Gasteiger partial charge in [0.2, 0.25) is 0 Å². The van der Waals surface area contributed by atoms with Gasteiger partial charge in [0.15, 0.2) is 0 Å². The van der Waals surface area contributed by atoms with Crippen molar-refractivity contribution >= 4 is 0 Å². The van der Waals surface area contributed by atoms with Crippen LogP contribution < -0.4 is 0 Å². The van der Waals surface area contributed by atoms with E-state index in [0.29, 0.717) is 0 Å². The van der Waals surface area contributed by atoms with E-state index in [4.69, 9.17) is 13.5 Å². The summed E-state index contributed by atoms with van der Waals surface area (Å²) in [7, 11) is 0. The van der Waals surface area contributed by atoms with E-state index in [2.05, 4.69) is 0 Å². The van der Waals surface area contributed by atoms with Gasteiger partial charge in [-0.3, -0.25) is 0 Å². The molecule has 0 rings (SSSR count). The van der Waals surface area contributed by atoms with Gasteiger partial charge in [0.05, 0.1) is 6.07 Å². The maximum absolute atomic E-state index is 8.30. The van der Waals surface area contributed by atoms with Crippen LogP contribution in [0.3, 0.4) is 0 Å². The molecule has 0 N–H and O–H groups in total. The minimum Gasteiger partial charge on any atom is -0.198 e. The molecular formula is C5H9N. The molecule has 0 aromatic rings. The molecule has 6 heavy (non-hydrogen) atoms. The van der Waals surface area contributed by atoms with E-state index in [1.54, 1.807) is 0 Å². The van der Waals surface area contributed by atoms with Gasteiger partial charge in [0.1, 0.15) is 0 Å². The van der Waals surface area contributed by atoms with Crippen molar-refractivity contribution in [1.29, 1.82) is 5.26 Å². The lowest BCUT2D eigenvalue weighted by molar-refractivity contribution is 0.671. The fraction of sp³-hybridized carbons (Fsp3) is 0.800. The molecule has 0 aromatic heterocycles. The summed E-state index contributed by atoms with van der Waals surface area (Å²) >= 11 is 0. The molecule has 34 valence electrons. The van der Waals surface area contributed by atoms with Crippen LogP contribution in [0.1, 0.15) is 28.4 Å². The summed E-state index contributed by atoms with van der Waals surface area (Å²) in [6.45, 7) is -1.91. The summed E-state index contributed by atoms with van der Waals surface area (Å²) < 4.78 is 41.7. The van der Waals surface area contributed by atoms with Crippen LogP contribution in [0.4, 0.5) is 0 Å². The highest BCUT2D eigenvalue weighted by Gasteiger charge is 1.85. The molecule has 0 radical (unpaired) electrons. The summed E-state index contributed by atoms with van der Waals surface area (Å²) in [5, 5.41) is 8.30. The SMILES string of the molecule is [2H]C([2H])([2H])C([2H])(C)C([2H])([2H])C#N. The van der Waals surface area contributed by atoms with Crippen molar-refractivity contribution in [3.63, 3.8) is 0 Å². The predicted octanol–water partition coefficient (Wildman–Crippen LogP) is 1.56. The van der Waals surface area contributed by atoms with Crippen LogP contribution in [0.5, 0.6) is 0 Å². The van der Waals surface area contributed by atoms with E-state index in [9.17, 15) is 0 Å². The fourth-order valence-corrected chi connectivity index (χ4v) is 0.0839. The van der Waals surface area contributed by atoms with E-state index in [1.165, 1.54) is 6.07 Å². The summed E-state index contributed by atoms with van der Waals surface area (Å²) in [5.41, 5.74) is 0. The van der Waals surface area contributed by atoms with Crippen LogP contribution >= 0.6 is 0 Å². The van der Waals surface area contributed by atoms with E-state index in [0.717, 1.165) is 6.92 Å². The standard InChI is InChI=1S/C5H9N/c1-5(2)3-4-6/h5H,3H2,1-2H3/i1D3,3D2,5D. The smallest absolute Gasteiger partial charge is 0.0624 e. The molecule has 0 heterocycles. The Kier molecular flexibility index (Phi) is 0.455. The largest absolute Gasteiger partial charge is 0.198 e. The quantitative estimate of drug-likeness (QED) is 0.478. The van der Waals surface area contributed by atoms with Crippen LogP contribution in [0, 0.1) is 17.2 Å². The summed E-state index contributed by atoms with van der Waals surface area (Å²) in [4.78, 5) is 0. The van der Waals surface area contributed by atoms with E-state index < -0.39 is 19.1 Å². The second kappa shape index (κ2) is 2.71. The molecule has 0 bridgehead atoms. The number of rotatable bonds is 1. The molecule has 0 spiro atoms. The Labute approximate surface area is 47.0 Å². The first kappa shape index (κ1) is 1.01. The number of nitriles is 1.